The van der Waals surface area contributed by atoms with Crippen LogP contribution in [0.25, 0.3) is 11.1 Å². The lowest BCUT2D eigenvalue weighted by Crippen LogP contribution is -2.39. The Hall–Kier alpha value is -4.68. The van der Waals surface area contributed by atoms with Crippen molar-refractivity contribution in [3.8, 4) is 11.1 Å². The predicted octanol–water partition coefficient (Wildman–Crippen LogP) is 7.08. The van der Waals surface area contributed by atoms with E-state index in [4.69, 9.17) is 4.74 Å². The average Bonchev–Trinajstić information content (AvgIpc) is 3.69. The predicted molar refractivity (Wildman–Crippen MR) is 175 cm³/mol. The van der Waals surface area contributed by atoms with Crippen molar-refractivity contribution in [1.82, 2.24) is 4.90 Å². The number of hydrogen-bond acceptors (Lipinski definition) is 6. The molecule has 1 fully saturated rings. The zero-order valence-electron chi connectivity index (χ0n) is 26.4. The smallest absolute Gasteiger partial charge is 0.421 e. The third-order valence-electron chi connectivity index (χ3n) is 9.66. The highest BCUT2D eigenvalue weighted by atomic mass is 32.2. The van der Waals surface area contributed by atoms with Crippen LogP contribution in [0.4, 0.5) is 23.7 Å². The summed E-state index contributed by atoms with van der Waals surface area (Å²) in [5, 5.41) is 12.7. The highest BCUT2D eigenvalue weighted by molar-refractivity contribution is 7.91. The third kappa shape index (κ3) is 6.08. The molecule has 1 heterocycles. The third-order valence-corrected chi connectivity index (χ3v) is 11.5. The van der Waals surface area contributed by atoms with Crippen LogP contribution in [-0.2, 0) is 31.5 Å². The number of nitrogens with zero attached hydrogens (tertiary/aromatic N) is 1. The van der Waals surface area contributed by atoms with Crippen molar-refractivity contribution in [2.75, 3.05) is 17.7 Å². The first-order chi connectivity index (χ1) is 23.2. The van der Waals surface area contributed by atoms with Gasteiger partial charge in [0.1, 0.15) is 12.6 Å². The van der Waals surface area contributed by atoms with Crippen LogP contribution < -0.4 is 5.32 Å². The zero-order valence-corrected chi connectivity index (χ0v) is 27.2. The van der Waals surface area contributed by atoms with Gasteiger partial charge in [-0.1, -0.05) is 66.7 Å². The van der Waals surface area contributed by atoms with Gasteiger partial charge >= 0.3 is 12.3 Å². The minimum atomic E-state index is -4.92. The molecule has 49 heavy (non-hydrogen) atoms. The minimum Gasteiger partial charge on any atom is -0.448 e. The van der Waals surface area contributed by atoms with Crippen molar-refractivity contribution in [1.29, 1.82) is 0 Å². The van der Waals surface area contributed by atoms with Crippen LogP contribution >= 0.6 is 0 Å². The number of sulfone groups is 1. The van der Waals surface area contributed by atoms with Crippen molar-refractivity contribution in [3.05, 3.63) is 119 Å². The molecule has 2 N–H and O–H groups in total. The van der Waals surface area contributed by atoms with Crippen molar-refractivity contribution in [2.45, 2.75) is 54.9 Å². The number of ether oxygens (including phenoxy) is 1. The zero-order chi connectivity index (χ0) is 34.7. The molecule has 2 unspecified atom stereocenters. The average molecular weight is 691 g/mol. The summed E-state index contributed by atoms with van der Waals surface area (Å²) in [5.41, 5.74) is 1.62. The molecule has 7 rings (SSSR count). The van der Waals surface area contributed by atoms with Gasteiger partial charge in [0.2, 0.25) is 0 Å². The second-order valence-corrected chi connectivity index (χ2v) is 15.1. The van der Waals surface area contributed by atoms with E-state index in [1.54, 1.807) is 0 Å². The number of nitrogens with one attached hydrogen (secondary N) is 1. The molecule has 4 aromatic carbocycles. The number of anilines is 1. The SMILES string of the molecule is CC(O)(c1ccc(NC(=O)C2c3ccc(S(=O)(=O)CC4CC4)cc3CN2C(=O)OCC2c3ccccc3-c3ccccc32)cc1)C(F)(F)F. The quantitative estimate of drug-likeness (QED) is 0.204. The van der Waals surface area contributed by atoms with E-state index in [2.05, 4.69) is 5.32 Å². The van der Waals surface area contributed by atoms with E-state index >= 15 is 0 Å². The second-order valence-electron chi connectivity index (χ2n) is 13.1. The summed E-state index contributed by atoms with van der Waals surface area (Å²) in [6.07, 6.45) is -3.98. The van der Waals surface area contributed by atoms with Crippen molar-refractivity contribution in [3.63, 3.8) is 0 Å². The van der Waals surface area contributed by atoms with Gasteiger partial charge in [-0.2, -0.15) is 13.2 Å². The second kappa shape index (κ2) is 12.0. The van der Waals surface area contributed by atoms with Gasteiger partial charge in [0, 0.05) is 11.6 Å². The first-order valence-electron chi connectivity index (χ1n) is 15.9. The maximum Gasteiger partial charge on any atom is 0.421 e. The van der Waals surface area contributed by atoms with Gasteiger partial charge in [0.05, 0.1) is 17.2 Å². The van der Waals surface area contributed by atoms with Gasteiger partial charge in [-0.25, -0.2) is 13.2 Å². The summed E-state index contributed by atoms with van der Waals surface area (Å²) in [4.78, 5) is 29.0. The molecule has 1 aliphatic heterocycles. The molecule has 12 heteroatoms. The number of fused-ring (bicyclic) bond motifs is 4. The van der Waals surface area contributed by atoms with E-state index in [1.165, 1.54) is 35.2 Å². The van der Waals surface area contributed by atoms with Crippen LogP contribution in [0.1, 0.15) is 59.5 Å². The summed E-state index contributed by atoms with van der Waals surface area (Å²) >= 11 is 0. The van der Waals surface area contributed by atoms with Gasteiger partial charge < -0.3 is 15.2 Å². The molecule has 2 amide bonds. The largest absolute Gasteiger partial charge is 0.448 e. The standard InChI is InChI=1S/C37H33F3N2O6S/c1-36(45,37(38,39)40)24-12-14-25(15-13-24)41-34(43)33-27-17-16-26(49(46,47)21-22-10-11-22)18-23(27)19-42(33)35(44)48-20-32-30-8-4-2-6-28(30)29-7-3-5-9-31(29)32/h2-9,12-18,22,32-33,45H,10-11,19-21H2,1H3,(H,41,43). The van der Waals surface area contributed by atoms with E-state index < -0.39 is 45.2 Å². The summed E-state index contributed by atoms with van der Waals surface area (Å²) in [5.74, 6) is -0.750. The Morgan fingerprint density at radius 3 is 2.10 bits per heavy atom. The molecule has 0 saturated heterocycles. The molecule has 3 aliphatic rings. The molecular formula is C37H33F3N2O6S. The van der Waals surface area contributed by atoms with Crippen molar-refractivity contribution < 1.29 is 41.0 Å². The highest BCUT2D eigenvalue weighted by Gasteiger charge is 2.51. The monoisotopic (exact) mass is 690 g/mol. The minimum absolute atomic E-state index is 0.00431. The lowest BCUT2D eigenvalue weighted by molar-refractivity contribution is -0.258. The van der Waals surface area contributed by atoms with Gasteiger partial charge in [-0.05, 0) is 88.9 Å². The number of carbonyl (C=O) groups is 2. The Kier molecular flexibility index (Phi) is 8.06. The number of alkyl halides is 3. The Balaban J connectivity index is 1.15. The van der Waals surface area contributed by atoms with Gasteiger partial charge in [0.25, 0.3) is 5.91 Å². The number of amides is 2. The van der Waals surface area contributed by atoms with Crippen LogP contribution in [0.2, 0.25) is 0 Å². The van der Waals surface area contributed by atoms with Gasteiger partial charge in [0.15, 0.2) is 15.4 Å². The lowest BCUT2D eigenvalue weighted by Gasteiger charge is -2.27. The molecule has 0 aromatic heterocycles. The fourth-order valence-electron chi connectivity index (χ4n) is 6.70. The number of rotatable bonds is 8. The molecule has 2 atom stereocenters. The summed E-state index contributed by atoms with van der Waals surface area (Å²) in [6, 6.07) is 23.6. The number of hydrogen-bond donors (Lipinski definition) is 2. The maximum absolute atomic E-state index is 13.8. The van der Waals surface area contributed by atoms with Crippen molar-refractivity contribution in [2.24, 2.45) is 5.92 Å². The normalized spacial score (nSPS) is 18.3. The molecule has 0 radical (unpaired) electrons. The number of benzene rings is 4. The number of aliphatic hydroxyl groups is 1. The Bertz CT molecular complexity index is 2010. The lowest BCUT2D eigenvalue weighted by atomic mass is 9.95. The molecule has 0 spiro atoms. The Labute approximate surface area is 281 Å². The van der Waals surface area contributed by atoms with E-state index in [0.29, 0.717) is 18.1 Å². The van der Waals surface area contributed by atoms with Crippen LogP contribution in [0, 0.1) is 5.92 Å². The van der Waals surface area contributed by atoms with Gasteiger partial charge in [-0.15, -0.1) is 0 Å². The van der Waals surface area contributed by atoms with Crippen LogP contribution in [0.3, 0.4) is 0 Å². The molecule has 4 aromatic rings. The van der Waals surface area contributed by atoms with Crippen LogP contribution in [0.15, 0.2) is 95.9 Å². The van der Waals surface area contributed by atoms with Crippen LogP contribution in [0.5, 0.6) is 0 Å². The summed E-state index contributed by atoms with van der Waals surface area (Å²) in [7, 11) is -3.58. The molecule has 1 saturated carbocycles. The summed E-state index contributed by atoms with van der Waals surface area (Å²) in [6.45, 7) is 0.543. The Morgan fingerprint density at radius 2 is 1.51 bits per heavy atom. The molecular weight excluding hydrogens is 657 g/mol. The first-order valence-corrected chi connectivity index (χ1v) is 17.6. The molecule has 0 bridgehead atoms. The number of halogens is 3. The van der Waals surface area contributed by atoms with E-state index in [0.717, 1.165) is 47.2 Å². The molecule has 254 valence electrons. The first kappa shape index (κ1) is 32.8. The van der Waals surface area contributed by atoms with Crippen molar-refractivity contribution >= 4 is 27.5 Å². The molecule has 2 aliphatic carbocycles. The van der Waals surface area contributed by atoms with Crippen LogP contribution in [-0.4, -0.2) is 49.0 Å². The Morgan fingerprint density at radius 1 is 0.898 bits per heavy atom. The van der Waals surface area contributed by atoms with E-state index in [9.17, 15) is 36.3 Å². The van der Waals surface area contributed by atoms with Gasteiger partial charge in [-0.3, -0.25) is 9.69 Å². The fourth-order valence-corrected chi connectivity index (χ4v) is 8.44. The maximum atomic E-state index is 13.8. The number of carbonyl (C=O) groups excluding carboxylic acids is 2. The topological polar surface area (TPSA) is 113 Å². The van der Waals surface area contributed by atoms with E-state index in [1.807, 2.05) is 48.5 Å². The highest BCUT2D eigenvalue weighted by Crippen LogP contribution is 2.45. The summed E-state index contributed by atoms with van der Waals surface area (Å²) < 4.78 is 72.2. The molecule has 8 nitrogen and oxygen atoms in total. The fraction of sp³-hybridized carbons (Fsp3) is 0.297. The van der Waals surface area contributed by atoms with E-state index in [-0.39, 0.29) is 41.3 Å².